The molecule has 0 aromatic heterocycles. The molecule has 0 aromatic rings. The van der Waals surface area contributed by atoms with Crippen LogP contribution in [0.25, 0.3) is 0 Å². The second-order valence-corrected chi connectivity index (χ2v) is 4.97. The summed E-state index contributed by atoms with van der Waals surface area (Å²) in [5.74, 6) is 0. The van der Waals surface area contributed by atoms with Crippen molar-refractivity contribution in [2.75, 3.05) is 32.8 Å². The molecule has 3 nitrogen and oxygen atoms in total. The van der Waals surface area contributed by atoms with Gasteiger partial charge in [-0.05, 0) is 18.9 Å². The quantitative estimate of drug-likeness (QED) is 0.660. The lowest BCUT2D eigenvalue weighted by atomic mass is 9.89. The van der Waals surface area contributed by atoms with E-state index in [9.17, 15) is 5.11 Å². The van der Waals surface area contributed by atoms with E-state index < -0.39 is 0 Å². The zero-order chi connectivity index (χ0) is 11.9. The molecule has 0 saturated carbocycles. The van der Waals surface area contributed by atoms with Gasteiger partial charge in [-0.15, -0.1) is 0 Å². The van der Waals surface area contributed by atoms with Crippen LogP contribution in [0, 0.1) is 5.41 Å². The Bertz CT molecular complexity index is 154. The highest BCUT2D eigenvalue weighted by Gasteiger charge is 2.23. The molecule has 0 aliphatic heterocycles. The summed E-state index contributed by atoms with van der Waals surface area (Å²) < 4.78 is 5.31. The monoisotopic (exact) mass is 217 g/mol. The number of rotatable bonds is 7. The summed E-state index contributed by atoms with van der Waals surface area (Å²) in [4.78, 5) is 2.23. The van der Waals surface area contributed by atoms with E-state index in [2.05, 4.69) is 32.6 Å². The van der Waals surface area contributed by atoms with Gasteiger partial charge in [0, 0.05) is 19.7 Å². The smallest absolute Gasteiger partial charge is 0.0715 e. The van der Waals surface area contributed by atoms with E-state index in [1.54, 1.807) is 0 Å². The Balaban J connectivity index is 3.88. The van der Waals surface area contributed by atoms with E-state index in [1.165, 1.54) is 0 Å². The van der Waals surface area contributed by atoms with E-state index in [1.807, 2.05) is 6.92 Å². The maximum Gasteiger partial charge on any atom is 0.0715 e. The molecule has 3 heteroatoms. The predicted molar refractivity (Wildman–Crippen MR) is 64.1 cm³/mol. The first-order chi connectivity index (χ1) is 6.91. The zero-order valence-electron chi connectivity index (χ0n) is 10.9. The molecular weight excluding hydrogens is 190 g/mol. The maximum atomic E-state index is 9.96. The van der Waals surface area contributed by atoms with E-state index >= 15 is 0 Å². The van der Waals surface area contributed by atoms with Gasteiger partial charge in [0.25, 0.3) is 0 Å². The van der Waals surface area contributed by atoms with Crippen molar-refractivity contribution in [1.29, 1.82) is 0 Å². The fourth-order valence-corrected chi connectivity index (χ4v) is 1.23. The van der Waals surface area contributed by atoms with Gasteiger partial charge in [0.2, 0.25) is 0 Å². The number of nitrogens with zero attached hydrogens (tertiary/aromatic N) is 1. The Morgan fingerprint density at radius 2 is 1.87 bits per heavy atom. The highest BCUT2D eigenvalue weighted by atomic mass is 16.5. The first kappa shape index (κ1) is 14.9. The first-order valence-electron chi connectivity index (χ1n) is 5.90. The Hall–Kier alpha value is -0.120. The van der Waals surface area contributed by atoms with Gasteiger partial charge in [-0.2, -0.15) is 0 Å². The molecule has 0 heterocycles. The molecule has 0 amide bonds. The second-order valence-electron chi connectivity index (χ2n) is 4.97. The van der Waals surface area contributed by atoms with Crippen molar-refractivity contribution < 1.29 is 9.84 Å². The van der Waals surface area contributed by atoms with Crippen molar-refractivity contribution in [3.8, 4) is 0 Å². The summed E-state index contributed by atoms with van der Waals surface area (Å²) in [5.41, 5.74) is -0.0426. The maximum absolute atomic E-state index is 9.96. The molecule has 0 radical (unpaired) electrons. The first-order valence-corrected chi connectivity index (χ1v) is 5.90. The Labute approximate surface area is 94.4 Å². The van der Waals surface area contributed by atoms with Crippen LogP contribution in [0.15, 0.2) is 0 Å². The van der Waals surface area contributed by atoms with Gasteiger partial charge in [0.15, 0.2) is 0 Å². The van der Waals surface area contributed by atoms with Crippen molar-refractivity contribution in [2.24, 2.45) is 5.41 Å². The summed E-state index contributed by atoms with van der Waals surface area (Å²) in [6, 6.07) is 0. The average Bonchev–Trinajstić information content (AvgIpc) is 2.14. The topological polar surface area (TPSA) is 32.7 Å². The van der Waals surface area contributed by atoms with Crippen molar-refractivity contribution in [3.63, 3.8) is 0 Å². The Kier molecular flexibility index (Phi) is 7.14. The average molecular weight is 217 g/mol. The third kappa shape index (κ3) is 6.88. The second kappa shape index (κ2) is 7.20. The minimum absolute atomic E-state index is 0.0426. The van der Waals surface area contributed by atoms with Crippen LogP contribution in [-0.4, -0.2) is 49.0 Å². The van der Waals surface area contributed by atoms with Gasteiger partial charge in [-0.3, -0.25) is 4.90 Å². The van der Waals surface area contributed by atoms with Crippen LogP contribution in [-0.2, 0) is 4.74 Å². The molecular formula is C12H27NO2. The number of aliphatic hydroxyl groups excluding tert-OH is 1. The van der Waals surface area contributed by atoms with Crippen LogP contribution in [0.5, 0.6) is 0 Å². The third-order valence-corrected chi connectivity index (χ3v) is 2.63. The molecule has 0 aromatic carbocycles. The van der Waals surface area contributed by atoms with Gasteiger partial charge in [0.05, 0.1) is 12.7 Å². The molecule has 0 fully saturated rings. The fourth-order valence-electron chi connectivity index (χ4n) is 1.23. The summed E-state index contributed by atoms with van der Waals surface area (Å²) in [5, 5.41) is 9.96. The molecule has 0 saturated heterocycles. The van der Waals surface area contributed by atoms with Crippen LogP contribution in [0.1, 0.15) is 34.6 Å². The SMILES string of the molecule is CCOCCN(CC)CC(O)C(C)(C)C. The fraction of sp³-hybridized carbons (Fsp3) is 1.00. The number of ether oxygens (including phenoxy) is 1. The van der Waals surface area contributed by atoms with Crippen molar-refractivity contribution in [3.05, 3.63) is 0 Å². The summed E-state index contributed by atoms with van der Waals surface area (Å²) in [6.45, 7) is 14.4. The minimum Gasteiger partial charge on any atom is -0.391 e. The molecule has 1 unspecified atom stereocenters. The lowest BCUT2D eigenvalue weighted by Crippen LogP contribution is -2.40. The lowest BCUT2D eigenvalue weighted by Gasteiger charge is -2.31. The van der Waals surface area contributed by atoms with Crippen LogP contribution >= 0.6 is 0 Å². The predicted octanol–water partition coefficient (Wildman–Crippen LogP) is 1.75. The Morgan fingerprint density at radius 3 is 2.27 bits per heavy atom. The molecule has 15 heavy (non-hydrogen) atoms. The van der Waals surface area contributed by atoms with Gasteiger partial charge in [-0.25, -0.2) is 0 Å². The molecule has 0 aliphatic rings. The van der Waals surface area contributed by atoms with E-state index in [0.717, 1.165) is 32.8 Å². The molecule has 0 bridgehead atoms. The van der Waals surface area contributed by atoms with Crippen molar-refractivity contribution in [1.82, 2.24) is 4.90 Å². The number of likely N-dealkylation sites (N-methyl/N-ethyl adjacent to an activating group) is 1. The van der Waals surface area contributed by atoms with Crippen LogP contribution in [0.2, 0.25) is 0 Å². The number of hydrogen-bond donors (Lipinski definition) is 1. The number of hydrogen-bond acceptors (Lipinski definition) is 3. The highest BCUT2D eigenvalue weighted by molar-refractivity contribution is 4.75. The van der Waals surface area contributed by atoms with Crippen molar-refractivity contribution in [2.45, 2.75) is 40.7 Å². The van der Waals surface area contributed by atoms with Crippen LogP contribution < -0.4 is 0 Å². The van der Waals surface area contributed by atoms with Gasteiger partial charge in [-0.1, -0.05) is 27.7 Å². The third-order valence-electron chi connectivity index (χ3n) is 2.63. The van der Waals surface area contributed by atoms with E-state index in [-0.39, 0.29) is 11.5 Å². The van der Waals surface area contributed by atoms with Gasteiger partial charge < -0.3 is 9.84 Å². The molecule has 92 valence electrons. The van der Waals surface area contributed by atoms with Gasteiger partial charge in [0.1, 0.15) is 0 Å². The van der Waals surface area contributed by atoms with Crippen LogP contribution in [0.4, 0.5) is 0 Å². The minimum atomic E-state index is -0.279. The summed E-state index contributed by atoms with van der Waals surface area (Å²) in [6.07, 6.45) is -0.279. The van der Waals surface area contributed by atoms with Crippen LogP contribution in [0.3, 0.4) is 0 Å². The lowest BCUT2D eigenvalue weighted by molar-refractivity contribution is 0.0205. The van der Waals surface area contributed by atoms with E-state index in [0.29, 0.717) is 0 Å². The molecule has 1 N–H and O–H groups in total. The van der Waals surface area contributed by atoms with Crippen molar-refractivity contribution >= 4 is 0 Å². The standard InChI is InChI=1S/C12H27NO2/c1-6-13(8-9-15-7-2)10-11(14)12(3,4)5/h11,14H,6-10H2,1-5H3. The Morgan fingerprint density at radius 1 is 1.27 bits per heavy atom. The zero-order valence-corrected chi connectivity index (χ0v) is 10.9. The molecule has 0 spiro atoms. The molecule has 1 atom stereocenters. The molecule has 0 rings (SSSR count). The largest absolute Gasteiger partial charge is 0.391 e. The highest BCUT2D eigenvalue weighted by Crippen LogP contribution is 2.19. The normalized spacial score (nSPS) is 14.6. The number of aliphatic hydroxyl groups is 1. The molecule has 0 aliphatic carbocycles. The summed E-state index contributed by atoms with van der Waals surface area (Å²) in [7, 11) is 0. The van der Waals surface area contributed by atoms with E-state index in [4.69, 9.17) is 4.74 Å². The van der Waals surface area contributed by atoms with Gasteiger partial charge >= 0.3 is 0 Å². The summed E-state index contributed by atoms with van der Waals surface area (Å²) >= 11 is 0.